The Kier molecular flexibility index (Phi) is 6.90. The van der Waals surface area contributed by atoms with Gasteiger partial charge in [0.1, 0.15) is 11.9 Å². The SMILES string of the molecule is O=C(OC(CN1CCOCC1)CS(=O)(=O)O)C(O)(C(F)(F)F)C(F)(F)F. The Morgan fingerprint density at radius 1 is 1.12 bits per heavy atom. The summed E-state index contributed by atoms with van der Waals surface area (Å²) in [7, 11) is -4.92. The van der Waals surface area contributed by atoms with Gasteiger partial charge in [0.25, 0.3) is 10.1 Å². The maximum atomic E-state index is 12.6. The van der Waals surface area contributed by atoms with Crippen LogP contribution in [-0.4, -0.2) is 91.6 Å². The Morgan fingerprint density at radius 3 is 1.96 bits per heavy atom. The number of hydrogen-bond donors (Lipinski definition) is 2. The molecule has 0 spiro atoms. The Hall–Kier alpha value is -1.16. The minimum atomic E-state index is -6.47. The van der Waals surface area contributed by atoms with Gasteiger partial charge in [0.05, 0.1) is 13.2 Å². The van der Waals surface area contributed by atoms with Crippen LogP contribution < -0.4 is 0 Å². The molecule has 2 N–H and O–H groups in total. The molecular weight excluding hydrogens is 404 g/mol. The summed E-state index contributed by atoms with van der Waals surface area (Å²) in [5, 5.41) is 8.94. The first-order valence-electron chi connectivity index (χ1n) is 6.90. The molecule has 0 aromatic carbocycles. The van der Waals surface area contributed by atoms with Gasteiger partial charge >= 0.3 is 23.9 Å². The molecule has 1 heterocycles. The number of nitrogens with zero attached hydrogens (tertiary/aromatic N) is 1. The standard InChI is InChI=1S/C11H15F6NO7S/c12-10(13,14)9(20,11(15,16)17)8(19)25-7(6-26(21,22)23)5-18-1-3-24-4-2-18/h7,20H,1-6H2,(H,21,22,23). The lowest BCUT2D eigenvalue weighted by Gasteiger charge is -2.33. The zero-order valence-electron chi connectivity index (χ0n) is 12.9. The van der Waals surface area contributed by atoms with E-state index in [1.54, 1.807) is 0 Å². The van der Waals surface area contributed by atoms with Gasteiger partial charge in [-0.15, -0.1) is 0 Å². The van der Waals surface area contributed by atoms with Crippen LogP contribution in [0.5, 0.6) is 0 Å². The van der Waals surface area contributed by atoms with E-state index in [-0.39, 0.29) is 26.3 Å². The third-order valence-electron chi connectivity index (χ3n) is 3.35. The fraction of sp³-hybridized carbons (Fsp3) is 0.909. The largest absolute Gasteiger partial charge is 0.457 e. The Bertz CT molecular complexity index is 585. The maximum absolute atomic E-state index is 12.6. The molecule has 0 saturated carbocycles. The average Bonchev–Trinajstić information content (AvgIpc) is 2.43. The van der Waals surface area contributed by atoms with Crippen LogP contribution >= 0.6 is 0 Å². The molecule has 0 radical (unpaired) electrons. The minimum Gasteiger partial charge on any atom is -0.457 e. The second-order valence-electron chi connectivity index (χ2n) is 5.39. The van der Waals surface area contributed by atoms with Crippen molar-refractivity contribution in [3.8, 4) is 0 Å². The van der Waals surface area contributed by atoms with E-state index in [1.165, 1.54) is 4.90 Å². The Balaban J connectivity index is 3.05. The molecule has 15 heteroatoms. The van der Waals surface area contributed by atoms with Crippen molar-refractivity contribution in [2.45, 2.75) is 24.1 Å². The molecule has 1 fully saturated rings. The highest BCUT2D eigenvalue weighted by atomic mass is 32.2. The third-order valence-corrected chi connectivity index (χ3v) is 4.14. The van der Waals surface area contributed by atoms with Crippen LogP contribution in [0.1, 0.15) is 0 Å². The van der Waals surface area contributed by atoms with E-state index in [9.17, 15) is 39.6 Å². The number of morpholine rings is 1. The van der Waals surface area contributed by atoms with Gasteiger partial charge in [-0.2, -0.15) is 34.8 Å². The molecule has 1 aliphatic rings. The van der Waals surface area contributed by atoms with E-state index in [2.05, 4.69) is 4.74 Å². The molecule has 0 aromatic rings. The highest BCUT2D eigenvalue weighted by Crippen LogP contribution is 2.44. The number of carbonyl (C=O) groups is 1. The van der Waals surface area contributed by atoms with Crippen LogP contribution in [0.15, 0.2) is 0 Å². The molecule has 0 aliphatic carbocycles. The molecule has 1 unspecified atom stereocenters. The van der Waals surface area contributed by atoms with Gasteiger partial charge in [-0.25, -0.2) is 4.79 Å². The van der Waals surface area contributed by atoms with E-state index in [0.717, 1.165) is 0 Å². The summed E-state index contributed by atoms with van der Waals surface area (Å²) in [4.78, 5) is 12.8. The van der Waals surface area contributed by atoms with E-state index in [4.69, 9.17) is 14.4 Å². The lowest BCUT2D eigenvalue weighted by molar-refractivity contribution is -0.357. The number of hydrogen-bond acceptors (Lipinski definition) is 7. The van der Waals surface area contributed by atoms with Crippen molar-refractivity contribution in [3.63, 3.8) is 0 Å². The smallest absolute Gasteiger partial charge is 0.437 e. The first-order valence-corrected chi connectivity index (χ1v) is 8.51. The van der Waals surface area contributed by atoms with Gasteiger partial charge in [-0.05, 0) is 0 Å². The summed E-state index contributed by atoms with van der Waals surface area (Å²) in [6, 6.07) is 0. The normalized spacial score (nSPS) is 19.2. The lowest BCUT2D eigenvalue weighted by Crippen LogP contribution is -2.64. The van der Waals surface area contributed by atoms with Crippen LogP contribution in [0.3, 0.4) is 0 Å². The van der Waals surface area contributed by atoms with Crippen LogP contribution in [0, 0.1) is 0 Å². The van der Waals surface area contributed by atoms with Gasteiger partial charge < -0.3 is 14.6 Å². The van der Waals surface area contributed by atoms with E-state index >= 15 is 0 Å². The van der Waals surface area contributed by atoms with E-state index in [1.807, 2.05) is 0 Å². The molecular formula is C11H15F6NO7S. The molecule has 0 bridgehead atoms. The number of ether oxygens (including phenoxy) is 2. The maximum Gasteiger partial charge on any atom is 0.437 e. The first kappa shape index (κ1) is 22.9. The molecule has 0 aromatic heterocycles. The van der Waals surface area contributed by atoms with Gasteiger partial charge in [0.15, 0.2) is 0 Å². The number of rotatable bonds is 6. The molecule has 154 valence electrons. The van der Waals surface area contributed by atoms with E-state index < -0.39 is 52.4 Å². The van der Waals surface area contributed by atoms with Crippen molar-refractivity contribution in [3.05, 3.63) is 0 Å². The highest BCUT2D eigenvalue weighted by Gasteiger charge is 2.77. The highest BCUT2D eigenvalue weighted by molar-refractivity contribution is 7.85. The second kappa shape index (κ2) is 7.84. The number of halogens is 6. The summed E-state index contributed by atoms with van der Waals surface area (Å²) in [6.07, 6.45) is -15.0. The molecule has 1 atom stereocenters. The monoisotopic (exact) mass is 419 g/mol. The van der Waals surface area contributed by atoms with Gasteiger partial charge in [0.2, 0.25) is 0 Å². The fourth-order valence-electron chi connectivity index (χ4n) is 2.06. The van der Waals surface area contributed by atoms with Crippen LogP contribution in [0.25, 0.3) is 0 Å². The summed E-state index contributed by atoms with van der Waals surface area (Å²) in [5.41, 5.74) is -5.84. The predicted octanol–water partition coefficient (Wildman–Crippen LogP) is -0.0261. The third kappa shape index (κ3) is 5.67. The summed E-state index contributed by atoms with van der Waals surface area (Å²) in [5.74, 6) is -4.60. The van der Waals surface area contributed by atoms with Crippen LogP contribution in [0.4, 0.5) is 26.3 Å². The molecule has 1 aliphatic heterocycles. The first-order chi connectivity index (χ1) is 11.6. The second-order valence-corrected chi connectivity index (χ2v) is 6.89. The zero-order chi connectivity index (χ0) is 20.4. The zero-order valence-corrected chi connectivity index (χ0v) is 13.7. The minimum absolute atomic E-state index is 0.127. The molecule has 1 saturated heterocycles. The van der Waals surface area contributed by atoms with Crippen LogP contribution in [-0.2, 0) is 24.4 Å². The molecule has 26 heavy (non-hydrogen) atoms. The Morgan fingerprint density at radius 2 is 1.58 bits per heavy atom. The number of aliphatic hydroxyl groups is 1. The van der Waals surface area contributed by atoms with Crippen molar-refractivity contribution < 1.29 is 58.7 Å². The van der Waals surface area contributed by atoms with Crippen molar-refractivity contribution >= 4 is 16.1 Å². The molecule has 8 nitrogen and oxygen atoms in total. The summed E-state index contributed by atoms with van der Waals surface area (Å²) >= 11 is 0. The summed E-state index contributed by atoms with van der Waals surface area (Å²) < 4.78 is 115. The lowest BCUT2D eigenvalue weighted by atomic mass is 10.0. The quantitative estimate of drug-likeness (QED) is 0.351. The topological polar surface area (TPSA) is 113 Å². The van der Waals surface area contributed by atoms with Crippen LogP contribution in [0.2, 0.25) is 0 Å². The van der Waals surface area contributed by atoms with Crippen molar-refractivity contribution in [2.75, 3.05) is 38.6 Å². The fourth-order valence-corrected chi connectivity index (χ4v) is 2.70. The van der Waals surface area contributed by atoms with E-state index in [0.29, 0.717) is 0 Å². The molecule has 1 rings (SSSR count). The van der Waals surface area contributed by atoms with Gasteiger partial charge in [-0.1, -0.05) is 0 Å². The van der Waals surface area contributed by atoms with Gasteiger partial charge in [-0.3, -0.25) is 9.45 Å². The number of esters is 1. The van der Waals surface area contributed by atoms with Gasteiger partial charge in [0, 0.05) is 19.6 Å². The van der Waals surface area contributed by atoms with Crippen molar-refractivity contribution in [1.29, 1.82) is 0 Å². The molecule has 0 amide bonds. The number of alkyl halides is 6. The van der Waals surface area contributed by atoms with Crippen molar-refractivity contribution in [2.24, 2.45) is 0 Å². The Labute approximate surface area is 143 Å². The predicted molar refractivity (Wildman–Crippen MR) is 70.6 cm³/mol. The van der Waals surface area contributed by atoms with Crippen molar-refractivity contribution in [1.82, 2.24) is 4.90 Å². The summed E-state index contributed by atoms with van der Waals surface area (Å²) in [6.45, 7) is -0.0610. The average molecular weight is 419 g/mol. The number of carbonyl (C=O) groups excluding carboxylic acids is 1.